The number of anilines is 2. The SMILES string of the molecule is Cc1nc(NS(=O)(=O)c2c(N)cccc2Cl)sc1C. The molecule has 0 fully saturated rings. The van der Waals surface area contributed by atoms with Crippen LogP contribution < -0.4 is 10.5 Å². The number of nitrogens with zero attached hydrogens (tertiary/aromatic N) is 1. The Morgan fingerprint density at radius 2 is 2.05 bits per heavy atom. The molecule has 8 heteroatoms. The summed E-state index contributed by atoms with van der Waals surface area (Å²) in [5.41, 5.74) is 6.56. The molecule has 3 N–H and O–H groups in total. The number of rotatable bonds is 3. The lowest BCUT2D eigenvalue weighted by Gasteiger charge is -2.09. The molecule has 1 aromatic carbocycles. The zero-order chi connectivity index (χ0) is 14.2. The highest BCUT2D eigenvalue weighted by Gasteiger charge is 2.22. The minimum atomic E-state index is -3.84. The third-order valence-corrected chi connectivity index (χ3v) is 5.52. The highest BCUT2D eigenvalue weighted by molar-refractivity contribution is 7.93. The number of thiazole rings is 1. The Balaban J connectivity index is 2.43. The Hall–Kier alpha value is -1.31. The van der Waals surface area contributed by atoms with Crippen LogP contribution in [0.2, 0.25) is 5.02 Å². The number of sulfonamides is 1. The predicted molar refractivity (Wildman–Crippen MR) is 78.3 cm³/mol. The molecule has 0 amide bonds. The van der Waals surface area contributed by atoms with Crippen LogP contribution in [0.1, 0.15) is 10.6 Å². The van der Waals surface area contributed by atoms with Gasteiger partial charge in [0.25, 0.3) is 10.0 Å². The number of benzene rings is 1. The van der Waals surface area contributed by atoms with E-state index in [1.807, 2.05) is 13.8 Å². The molecule has 102 valence electrons. The Labute approximate surface area is 120 Å². The highest BCUT2D eigenvalue weighted by Crippen LogP contribution is 2.30. The van der Waals surface area contributed by atoms with E-state index in [2.05, 4.69) is 9.71 Å². The van der Waals surface area contributed by atoms with Crippen LogP contribution in [0.3, 0.4) is 0 Å². The Morgan fingerprint density at radius 3 is 2.58 bits per heavy atom. The fourth-order valence-corrected chi connectivity index (χ4v) is 4.22. The average Bonchev–Trinajstić information content (AvgIpc) is 2.55. The first-order chi connectivity index (χ1) is 8.81. The van der Waals surface area contributed by atoms with Crippen LogP contribution in [0, 0.1) is 13.8 Å². The summed E-state index contributed by atoms with van der Waals surface area (Å²) in [6, 6.07) is 4.55. The van der Waals surface area contributed by atoms with Crippen molar-refractivity contribution in [1.82, 2.24) is 4.98 Å². The van der Waals surface area contributed by atoms with E-state index in [1.165, 1.54) is 23.5 Å². The summed E-state index contributed by atoms with van der Waals surface area (Å²) in [7, 11) is -3.84. The van der Waals surface area contributed by atoms with E-state index in [9.17, 15) is 8.42 Å². The first-order valence-corrected chi connectivity index (χ1v) is 8.00. The van der Waals surface area contributed by atoms with Crippen molar-refractivity contribution >= 4 is 43.8 Å². The third kappa shape index (κ3) is 2.83. The van der Waals surface area contributed by atoms with E-state index < -0.39 is 10.0 Å². The van der Waals surface area contributed by atoms with Gasteiger partial charge in [0.2, 0.25) is 0 Å². The van der Waals surface area contributed by atoms with Gasteiger partial charge in [0.15, 0.2) is 5.13 Å². The largest absolute Gasteiger partial charge is 0.398 e. The van der Waals surface area contributed by atoms with E-state index in [4.69, 9.17) is 17.3 Å². The van der Waals surface area contributed by atoms with Gasteiger partial charge in [0.05, 0.1) is 16.4 Å². The van der Waals surface area contributed by atoms with Crippen molar-refractivity contribution in [3.8, 4) is 0 Å². The van der Waals surface area contributed by atoms with Gasteiger partial charge in [0, 0.05) is 4.88 Å². The molecule has 0 bridgehead atoms. The van der Waals surface area contributed by atoms with Crippen LogP contribution in [0.25, 0.3) is 0 Å². The molecule has 0 aliphatic rings. The molecule has 0 aliphatic heterocycles. The van der Waals surface area contributed by atoms with Gasteiger partial charge in [-0.1, -0.05) is 17.7 Å². The van der Waals surface area contributed by atoms with Crippen LogP contribution in [0.5, 0.6) is 0 Å². The highest BCUT2D eigenvalue weighted by atomic mass is 35.5. The van der Waals surface area contributed by atoms with E-state index in [0.29, 0.717) is 5.13 Å². The van der Waals surface area contributed by atoms with Crippen molar-refractivity contribution in [2.45, 2.75) is 18.7 Å². The van der Waals surface area contributed by atoms with Gasteiger partial charge in [-0.05, 0) is 26.0 Å². The number of nitrogens with one attached hydrogen (secondary N) is 1. The summed E-state index contributed by atoms with van der Waals surface area (Å²) in [6.07, 6.45) is 0. The second-order valence-electron chi connectivity index (χ2n) is 3.92. The zero-order valence-electron chi connectivity index (χ0n) is 10.3. The molecule has 0 aliphatic carbocycles. The summed E-state index contributed by atoms with van der Waals surface area (Å²) >= 11 is 7.16. The molecule has 5 nitrogen and oxygen atoms in total. The molecule has 0 saturated carbocycles. The molecule has 1 aromatic heterocycles. The molecule has 0 atom stereocenters. The maximum Gasteiger partial charge on any atom is 0.267 e. The minimum absolute atomic E-state index is 0.0810. The normalized spacial score (nSPS) is 11.5. The minimum Gasteiger partial charge on any atom is -0.398 e. The zero-order valence-corrected chi connectivity index (χ0v) is 12.7. The van der Waals surface area contributed by atoms with Crippen molar-refractivity contribution in [2.24, 2.45) is 0 Å². The second kappa shape index (κ2) is 4.99. The molecule has 0 radical (unpaired) electrons. The summed E-state index contributed by atoms with van der Waals surface area (Å²) in [5.74, 6) is 0. The maximum absolute atomic E-state index is 12.3. The van der Waals surface area contributed by atoms with Crippen molar-refractivity contribution in [2.75, 3.05) is 10.5 Å². The van der Waals surface area contributed by atoms with Gasteiger partial charge in [-0.3, -0.25) is 4.72 Å². The van der Waals surface area contributed by atoms with Gasteiger partial charge in [-0.25, -0.2) is 13.4 Å². The average molecular weight is 318 g/mol. The van der Waals surface area contributed by atoms with Gasteiger partial charge < -0.3 is 5.73 Å². The third-order valence-electron chi connectivity index (χ3n) is 2.52. The number of nitrogen functional groups attached to an aromatic ring is 1. The Morgan fingerprint density at radius 1 is 1.37 bits per heavy atom. The van der Waals surface area contributed by atoms with E-state index in [-0.39, 0.29) is 15.6 Å². The fourth-order valence-electron chi connectivity index (χ4n) is 1.49. The van der Waals surface area contributed by atoms with Crippen LogP contribution in [0.15, 0.2) is 23.1 Å². The molecular weight excluding hydrogens is 306 g/mol. The maximum atomic E-state index is 12.3. The van der Waals surface area contributed by atoms with Crippen LogP contribution in [0.4, 0.5) is 10.8 Å². The first-order valence-electron chi connectivity index (χ1n) is 5.32. The summed E-state index contributed by atoms with van der Waals surface area (Å²) in [5, 5.41) is 0.381. The standard InChI is InChI=1S/C11H12ClN3O2S2/c1-6-7(2)18-11(14-6)15-19(16,17)10-8(12)4-3-5-9(10)13/h3-5H,13H2,1-2H3,(H,14,15). The van der Waals surface area contributed by atoms with Gasteiger partial charge in [-0.2, -0.15) is 0 Å². The molecule has 0 unspecified atom stereocenters. The molecule has 1 heterocycles. The van der Waals surface area contributed by atoms with Crippen molar-refractivity contribution in [3.63, 3.8) is 0 Å². The molecule has 0 saturated heterocycles. The lowest BCUT2D eigenvalue weighted by atomic mass is 10.3. The summed E-state index contributed by atoms with van der Waals surface area (Å²) in [6.45, 7) is 3.68. The quantitative estimate of drug-likeness (QED) is 0.852. The van der Waals surface area contributed by atoms with Gasteiger partial charge >= 0.3 is 0 Å². The Kier molecular flexibility index (Phi) is 3.71. The van der Waals surface area contributed by atoms with Crippen LogP contribution in [-0.4, -0.2) is 13.4 Å². The lowest BCUT2D eigenvalue weighted by molar-refractivity contribution is 0.601. The number of nitrogens with two attached hydrogens (primary N) is 1. The van der Waals surface area contributed by atoms with E-state index >= 15 is 0 Å². The van der Waals surface area contributed by atoms with Gasteiger partial charge in [0.1, 0.15) is 4.90 Å². The molecule has 19 heavy (non-hydrogen) atoms. The smallest absolute Gasteiger partial charge is 0.267 e. The number of aryl methyl sites for hydroxylation is 2. The molecule has 0 spiro atoms. The summed E-state index contributed by atoms with van der Waals surface area (Å²) < 4.78 is 26.9. The monoisotopic (exact) mass is 317 g/mol. The molecule has 2 rings (SSSR count). The van der Waals surface area contributed by atoms with Crippen LogP contribution in [-0.2, 0) is 10.0 Å². The van der Waals surface area contributed by atoms with E-state index in [1.54, 1.807) is 6.07 Å². The fraction of sp³-hybridized carbons (Fsp3) is 0.182. The number of aromatic nitrogens is 1. The molecule has 2 aromatic rings. The number of halogens is 1. The van der Waals surface area contributed by atoms with Crippen molar-refractivity contribution < 1.29 is 8.42 Å². The number of hydrogen-bond acceptors (Lipinski definition) is 5. The Bertz CT molecular complexity index is 686. The van der Waals surface area contributed by atoms with Crippen LogP contribution >= 0.6 is 22.9 Å². The number of hydrogen-bond donors (Lipinski definition) is 2. The first kappa shape index (κ1) is 14.1. The van der Waals surface area contributed by atoms with Gasteiger partial charge in [-0.15, -0.1) is 11.3 Å². The van der Waals surface area contributed by atoms with Crippen molar-refractivity contribution in [1.29, 1.82) is 0 Å². The molecular formula is C11H12ClN3O2S2. The second-order valence-corrected chi connectivity index (χ2v) is 7.15. The predicted octanol–water partition coefficient (Wildman–Crippen LogP) is 2.80. The topological polar surface area (TPSA) is 85.1 Å². The lowest BCUT2D eigenvalue weighted by Crippen LogP contribution is -2.15. The van der Waals surface area contributed by atoms with E-state index in [0.717, 1.165) is 10.6 Å². The van der Waals surface area contributed by atoms with Crippen molar-refractivity contribution in [3.05, 3.63) is 33.8 Å². The summed E-state index contributed by atoms with van der Waals surface area (Å²) in [4.78, 5) is 4.95.